The molecule has 0 aromatic heterocycles. The number of allylic oxidation sites excluding steroid dienone is 13. The Balaban J connectivity index is 2.67. The largest absolute Gasteiger partial charge is 0.479 e. The van der Waals surface area contributed by atoms with Crippen molar-refractivity contribution in [2.45, 2.75) is 327 Å². The summed E-state index contributed by atoms with van der Waals surface area (Å²) in [5, 5.41) is 31.6. The number of esters is 3. The number of hydrogen-bond donors (Lipinski definition) is 3. The Labute approximate surface area is 505 Å². The molecule has 0 bridgehead atoms. The molecule has 0 amide bonds. The normalized spacial score (nSPS) is 18.1. The highest BCUT2D eigenvalue weighted by atomic mass is 16.7. The van der Waals surface area contributed by atoms with E-state index in [0.29, 0.717) is 19.3 Å². The summed E-state index contributed by atoms with van der Waals surface area (Å²) in [5.41, 5.74) is 0. The molecule has 476 valence electrons. The summed E-state index contributed by atoms with van der Waals surface area (Å²) in [6.45, 7) is 5.82. The maximum absolute atomic E-state index is 13.1. The van der Waals surface area contributed by atoms with Crippen LogP contribution in [0.2, 0.25) is 0 Å². The Bertz CT molecular complexity index is 1760. The van der Waals surface area contributed by atoms with Gasteiger partial charge in [0.15, 0.2) is 24.6 Å². The van der Waals surface area contributed by atoms with Crippen molar-refractivity contribution in [3.8, 4) is 0 Å². The molecular formula is C71H120O12. The summed E-state index contributed by atoms with van der Waals surface area (Å²) in [6.07, 6.45) is 64.3. The fourth-order valence-corrected chi connectivity index (χ4v) is 9.85. The average molecular weight is 1170 g/mol. The first-order valence-corrected chi connectivity index (χ1v) is 33.6. The summed E-state index contributed by atoms with van der Waals surface area (Å²) < 4.78 is 28.4. The van der Waals surface area contributed by atoms with Crippen molar-refractivity contribution in [2.75, 3.05) is 13.2 Å². The monoisotopic (exact) mass is 1160 g/mol. The lowest BCUT2D eigenvalue weighted by molar-refractivity contribution is -0.301. The number of ether oxygens (including phenoxy) is 5. The van der Waals surface area contributed by atoms with E-state index in [9.17, 15) is 34.5 Å². The zero-order chi connectivity index (χ0) is 60.3. The van der Waals surface area contributed by atoms with E-state index in [2.05, 4.69) is 87.6 Å². The summed E-state index contributed by atoms with van der Waals surface area (Å²) >= 11 is 0. The molecule has 12 heteroatoms. The molecule has 0 radical (unpaired) electrons. The molecule has 6 unspecified atom stereocenters. The predicted octanol–water partition coefficient (Wildman–Crippen LogP) is 18.2. The van der Waals surface area contributed by atoms with Crippen molar-refractivity contribution < 1.29 is 58.2 Å². The highest BCUT2D eigenvalue weighted by Gasteiger charge is 2.50. The van der Waals surface area contributed by atoms with Gasteiger partial charge in [-0.2, -0.15) is 0 Å². The van der Waals surface area contributed by atoms with Gasteiger partial charge in [-0.1, -0.05) is 260 Å². The van der Waals surface area contributed by atoms with Crippen LogP contribution in [0.3, 0.4) is 0 Å². The number of unbranched alkanes of at least 4 members (excludes halogenated alkanes) is 30. The van der Waals surface area contributed by atoms with E-state index in [1.54, 1.807) is 6.08 Å². The van der Waals surface area contributed by atoms with Crippen LogP contribution in [0, 0.1) is 0 Å². The standard InChI is InChI=1S/C71H120O12/c1-4-7-10-13-16-19-22-25-28-30-32-34-37-39-42-45-48-51-54-57-63(72)79-60-62(81-64(73)58-55-52-49-46-43-40-36-27-24-21-18-15-12-9-6-3)61-80-71-69(67(76)66(75)68(83-71)70(77)78)82-65(74)59-56-53-50-47-44-41-38-35-33-31-29-26-23-20-17-14-11-8-5-2/h9,12,18,21,25-29,36,43,46,52,55,62,66-69,71,75-76H,4-8,10-11,13-17,19-20,22-24,30-35,37-42,44-45,47-51,53-54,56-61H2,1-3H3,(H,77,78)/b12-9-,21-18-,28-25-,29-26-,36-27-,46-43-,55-52-. The number of carboxylic acids is 1. The van der Waals surface area contributed by atoms with Gasteiger partial charge in [-0.05, 0) is 96.3 Å². The fourth-order valence-electron chi connectivity index (χ4n) is 9.85. The van der Waals surface area contributed by atoms with Gasteiger partial charge in [-0.3, -0.25) is 14.4 Å². The summed E-state index contributed by atoms with van der Waals surface area (Å²) in [5.74, 6) is -3.28. The van der Waals surface area contributed by atoms with Crippen molar-refractivity contribution in [3.63, 3.8) is 0 Å². The first-order valence-electron chi connectivity index (χ1n) is 33.6. The van der Waals surface area contributed by atoms with Gasteiger partial charge in [-0.15, -0.1) is 0 Å². The van der Waals surface area contributed by atoms with E-state index in [1.807, 2.05) is 12.2 Å². The van der Waals surface area contributed by atoms with E-state index < -0.39 is 67.3 Å². The lowest BCUT2D eigenvalue weighted by Crippen LogP contribution is -2.61. The van der Waals surface area contributed by atoms with Gasteiger partial charge in [-0.25, -0.2) is 4.79 Å². The van der Waals surface area contributed by atoms with Crippen LogP contribution in [0.5, 0.6) is 0 Å². The first-order chi connectivity index (χ1) is 40.6. The Kier molecular flexibility index (Phi) is 54.0. The lowest BCUT2D eigenvalue weighted by Gasteiger charge is -2.40. The second kappa shape index (κ2) is 58.3. The second-order valence-corrected chi connectivity index (χ2v) is 22.7. The fraction of sp³-hybridized carbons (Fsp3) is 0.746. The lowest BCUT2D eigenvalue weighted by atomic mass is 9.98. The molecule has 1 heterocycles. The molecule has 12 nitrogen and oxygen atoms in total. The van der Waals surface area contributed by atoms with Gasteiger partial charge in [0, 0.05) is 12.8 Å². The van der Waals surface area contributed by atoms with Crippen LogP contribution in [0.1, 0.15) is 290 Å². The molecule has 1 saturated heterocycles. The quantitative estimate of drug-likeness (QED) is 0.0228. The van der Waals surface area contributed by atoms with Gasteiger partial charge in [0.05, 0.1) is 13.0 Å². The molecule has 1 fully saturated rings. The molecule has 1 aliphatic rings. The topological polar surface area (TPSA) is 175 Å². The first kappa shape index (κ1) is 76.9. The van der Waals surface area contributed by atoms with E-state index in [-0.39, 0.29) is 25.9 Å². The number of carboxylic acid groups (broad SMARTS) is 1. The third-order valence-corrected chi connectivity index (χ3v) is 15.0. The molecule has 0 aliphatic carbocycles. The van der Waals surface area contributed by atoms with E-state index in [4.69, 9.17) is 23.7 Å². The summed E-state index contributed by atoms with van der Waals surface area (Å²) in [7, 11) is 0. The van der Waals surface area contributed by atoms with Crippen LogP contribution in [-0.2, 0) is 42.9 Å². The second-order valence-electron chi connectivity index (χ2n) is 22.7. The number of aliphatic hydroxyl groups is 2. The minimum Gasteiger partial charge on any atom is -0.479 e. The maximum atomic E-state index is 13.1. The van der Waals surface area contributed by atoms with Gasteiger partial charge >= 0.3 is 23.9 Å². The minimum absolute atomic E-state index is 0.0461. The highest BCUT2D eigenvalue weighted by Crippen LogP contribution is 2.27. The smallest absolute Gasteiger partial charge is 0.335 e. The molecule has 0 saturated carbocycles. The number of aliphatic hydroxyl groups excluding tert-OH is 2. The predicted molar refractivity (Wildman–Crippen MR) is 340 cm³/mol. The third kappa shape index (κ3) is 47.8. The molecule has 0 aromatic carbocycles. The van der Waals surface area contributed by atoms with Crippen LogP contribution >= 0.6 is 0 Å². The van der Waals surface area contributed by atoms with Crippen molar-refractivity contribution >= 4 is 23.9 Å². The van der Waals surface area contributed by atoms with Crippen LogP contribution < -0.4 is 0 Å². The molecule has 1 aliphatic heterocycles. The molecular weight excluding hydrogens is 1040 g/mol. The number of aliphatic carboxylic acids is 1. The number of carbonyl (C=O) groups is 4. The molecule has 3 N–H and O–H groups in total. The Hall–Kier alpha value is -4.10. The van der Waals surface area contributed by atoms with Crippen LogP contribution in [-0.4, -0.2) is 89.2 Å². The molecule has 6 atom stereocenters. The average Bonchev–Trinajstić information content (AvgIpc) is 3.60. The van der Waals surface area contributed by atoms with Gasteiger partial charge in [0.25, 0.3) is 0 Å². The number of rotatable bonds is 57. The van der Waals surface area contributed by atoms with E-state index in [0.717, 1.165) is 77.0 Å². The zero-order valence-corrected chi connectivity index (χ0v) is 52.7. The highest BCUT2D eigenvalue weighted by molar-refractivity contribution is 5.74. The summed E-state index contributed by atoms with van der Waals surface area (Å²) in [4.78, 5) is 51.3. The molecule has 0 aromatic rings. The SMILES string of the molecule is CC/C=C\C/C=C\C/C=C\C/C=C\C/C=C\CC(=O)OC(COC(=O)CCCCCCCCCCC/C=C\CCCCCCCC)COC1OC(C(=O)O)C(O)C(O)C1OC(=O)CCCCCCCCCCC/C=C\CCCCCCCC. The molecule has 83 heavy (non-hydrogen) atoms. The number of carbonyl (C=O) groups excluding carboxylic acids is 3. The minimum atomic E-state index is -1.92. The van der Waals surface area contributed by atoms with Gasteiger partial charge in [0.1, 0.15) is 18.8 Å². The van der Waals surface area contributed by atoms with Crippen molar-refractivity contribution in [3.05, 3.63) is 85.1 Å². The van der Waals surface area contributed by atoms with Crippen LogP contribution in [0.4, 0.5) is 0 Å². The van der Waals surface area contributed by atoms with Crippen molar-refractivity contribution in [2.24, 2.45) is 0 Å². The van der Waals surface area contributed by atoms with Crippen molar-refractivity contribution in [1.29, 1.82) is 0 Å². The Morgan fingerprint density at radius 3 is 1.20 bits per heavy atom. The maximum Gasteiger partial charge on any atom is 0.335 e. The van der Waals surface area contributed by atoms with Gasteiger partial charge < -0.3 is 39.0 Å². The zero-order valence-electron chi connectivity index (χ0n) is 52.7. The Morgan fingerprint density at radius 1 is 0.422 bits per heavy atom. The summed E-state index contributed by atoms with van der Waals surface area (Å²) in [6, 6.07) is 0. The van der Waals surface area contributed by atoms with Crippen LogP contribution in [0.15, 0.2) is 85.1 Å². The van der Waals surface area contributed by atoms with Crippen LogP contribution in [0.25, 0.3) is 0 Å². The van der Waals surface area contributed by atoms with E-state index in [1.165, 1.54) is 154 Å². The third-order valence-electron chi connectivity index (χ3n) is 15.0. The molecule has 1 rings (SSSR count). The van der Waals surface area contributed by atoms with E-state index >= 15 is 0 Å². The number of hydrogen-bond acceptors (Lipinski definition) is 11. The van der Waals surface area contributed by atoms with Crippen molar-refractivity contribution in [1.82, 2.24) is 0 Å². The molecule has 0 spiro atoms. The van der Waals surface area contributed by atoms with Gasteiger partial charge in [0.2, 0.25) is 0 Å². The Morgan fingerprint density at radius 2 is 0.795 bits per heavy atom.